The number of amides is 1. The van der Waals surface area contributed by atoms with Gasteiger partial charge in [-0.1, -0.05) is 18.2 Å². The highest BCUT2D eigenvalue weighted by Gasteiger charge is 2.29. The third-order valence-corrected chi connectivity index (χ3v) is 3.67. The van der Waals surface area contributed by atoms with Crippen LogP contribution in [0.2, 0.25) is 0 Å². The van der Waals surface area contributed by atoms with Crippen molar-refractivity contribution < 1.29 is 27.5 Å². The lowest BCUT2D eigenvalue weighted by Crippen LogP contribution is -2.27. The maximum Gasteiger partial charge on any atom is 0.416 e. The van der Waals surface area contributed by atoms with E-state index in [1.807, 2.05) is 0 Å². The lowest BCUT2D eigenvalue weighted by molar-refractivity contribution is -0.137. The Hall–Kier alpha value is -3.09. The second-order valence-corrected chi connectivity index (χ2v) is 5.92. The van der Waals surface area contributed by atoms with Crippen LogP contribution in [0.5, 0.6) is 5.75 Å². The number of rotatable bonds is 6. The number of benzene rings is 2. The number of carbonyl (C=O) groups excluding carboxylic acids is 2. The first-order valence-electron chi connectivity index (χ1n) is 7.99. The normalized spacial score (nSPS) is 11.4. The molecule has 0 atom stereocenters. The smallest absolute Gasteiger partial charge is 0.416 e. The summed E-state index contributed by atoms with van der Waals surface area (Å²) in [4.78, 5) is 25.0. The van der Waals surface area contributed by atoms with Crippen molar-refractivity contribution in [1.29, 1.82) is 0 Å². The largest absolute Gasteiger partial charge is 0.484 e. The third-order valence-electron chi connectivity index (χ3n) is 3.67. The van der Waals surface area contributed by atoms with Gasteiger partial charge in [0, 0.05) is 19.7 Å². The van der Waals surface area contributed by atoms with Gasteiger partial charge < -0.3 is 9.64 Å². The highest BCUT2D eigenvalue weighted by Crippen LogP contribution is 2.29. The number of nitrogens with zero attached hydrogens (tertiary/aromatic N) is 1. The van der Waals surface area contributed by atoms with Crippen LogP contribution >= 0.6 is 0 Å². The average Bonchev–Trinajstić information content (AvgIpc) is 2.64. The number of hydrogen-bond donors (Lipinski definition) is 0. The second-order valence-electron chi connectivity index (χ2n) is 5.92. The van der Waals surface area contributed by atoms with Crippen LogP contribution in [0.3, 0.4) is 0 Å². The fourth-order valence-electron chi connectivity index (χ4n) is 2.04. The Kier molecular flexibility index (Phi) is 6.39. The lowest BCUT2D eigenvalue weighted by Gasteiger charge is -2.11. The molecular formula is C20H18F3NO3. The minimum absolute atomic E-state index is 0.103. The van der Waals surface area contributed by atoms with Crippen molar-refractivity contribution in [2.75, 3.05) is 20.7 Å². The molecule has 7 heteroatoms. The Morgan fingerprint density at radius 1 is 1.00 bits per heavy atom. The van der Waals surface area contributed by atoms with Gasteiger partial charge in [-0.05, 0) is 48.0 Å². The minimum Gasteiger partial charge on any atom is -0.484 e. The number of ketones is 1. The van der Waals surface area contributed by atoms with E-state index in [2.05, 4.69) is 0 Å². The Morgan fingerprint density at radius 2 is 1.59 bits per heavy atom. The number of likely N-dealkylation sites (N-methyl/N-ethyl adjacent to an activating group) is 1. The van der Waals surface area contributed by atoms with Crippen molar-refractivity contribution in [1.82, 2.24) is 4.90 Å². The van der Waals surface area contributed by atoms with E-state index in [9.17, 15) is 22.8 Å². The first-order chi connectivity index (χ1) is 12.7. The predicted molar refractivity (Wildman–Crippen MR) is 95.4 cm³/mol. The number of alkyl halides is 3. The number of ether oxygens (including phenoxy) is 1. The van der Waals surface area contributed by atoms with Gasteiger partial charge in [0.15, 0.2) is 12.4 Å². The van der Waals surface area contributed by atoms with Gasteiger partial charge in [0.2, 0.25) is 0 Å². The summed E-state index contributed by atoms with van der Waals surface area (Å²) < 4.78 is 42.9. The van der Waals surface area contributed by atoms with Crippen molar-refractivity contribution in [3.05, 3.63) is 71.3 Å². The van der Waals surface area contributed by atoms with Gasteiger partial charge in [-0.25, -0.2) is 0 Å². The Morgan fingerprint density at radius 3 is 2.11 bits per heavy atom. The third kappa shape index (κ3) is 5.99. The quantitative estimate of drug-likeness (QED) is 0.563. The molecule has 0 aliphatic carbocycles. The SMILES string of the molecule is CN(C)C(=O)COc1ccc(C(=O)C=Cc2ccc(C(F)(F)F)cc2)cc1. The molecule has 1 amide bonds. The highest BCUT2D eigenvalue weighted by molar-refractivity contribution is 6.06. The zero-order chi connectivity index (χ0) is 20.0. The molecule has 0 aliphatic heterocycles. The highest BCUT2D eigenvalue weighted by atomic mass is 19.4. The van der Waals surface area contributed by atoms with Crippen LogP contribution in [0.1, 0.15) is 21.5 Å². The van der Waals surface area contributed by atoms with Crippen molar-refractivity contribution in [3.63, 3.8) is 0 Å². The van der Waals surface area contributed by atoms with Crippen LogP contribution < -0.4 is 4.74 Å². The average molecular weight is 377 g/mol. The molecule has 0 saturated carbocycles. The molecule has 2 aromatic rings. The summed E-state index contributed by atoms with van der Waals surface area (Å²) in [5.41, 5.74) is 0.136. The van der Waals surface area contributed by atoms with Crippen molar-refractivity contribution >= 4 is 17.8 Å². The molecule has 142 valence electrons. The monoisotopic (exact) mass is 377 g/mol. The molecule has 2 rings (SSSR count). The van der Waals surface area contributed by atoms with E-state index in [4.69, 9.17) is 4.74 Å². The molecule has 4 nitrogen and oxygen atoms in total. The zero-order valence-electron chi connectivity index (χ0n) is 14.8. The fraction of sp³-hybridized carbons (Fsp3) is 0.200. The Bertz CT molecular complexity index is 823. The molecule has 2 aromatic carbocycles. The number of carbonyl (C=O) groups is 2. The van der Waals surface area contributed by atoms with E-state index in [1.165, 1.54) is 29.2 Å². The van der Waals surface area contributed by atoms with Crippen molar-refractivity contribution in [3.8, 4) is 5.75 Å². The van der Waals surface area contributed by atoms with E-state index in [1.54, 1.807) is 38.4 Å². The standard InChI is InChI=1S/C20H18F3NO3/c1-24(2)19(26)13-27-17-10-6-15(7-11-17)18(25)12-5-14-3-8-16(9-4-14)20(21,22)23/h3-12H,13H2,1-2H3. The maximum atomic E-state index is 12.5. The topological polar surface area (TPSA) is 46.6 Å². The van der Waals surface area contributed by atoms with Crippen LogP contribution in [0.25, 0.3) is 6.08 Å². The van der Waals surface area contributed by atoms with Gasteiger partial charge in [-0.2, -0.15) is 13.2 Å². The molecule has 0 saturated heterocycles. The van der Waals surface area contributed by atoms with Crippen LogP contribution in [-0.2, 0) is 11.0 Å². The molecule has 27 heavy (non-hydrogen) atoms. The number of halogens is 3. The first-order valence-corrected chi connectivity index (χ1v) is 7.99. The molecule has 0 unspecified atom stereocenters. The van der Waals surface area contributed by atoms with E-state index in [0.717, 1.165) is 12.1 Å². The summed E-state index contributed by atoms with van der Waals surface area (Å²) in [7, 11) is 3.24. The van der Waals surface area contributed by atoms with Gasteiger partial charge in [-0.15, -0.1) is 0 Å². The summed E-state index contributed by atoms with van der Waals surface area (Å²) in [6.45, 7) is -0.103. The van der Waals surface area contributed by atoms with Gasteiger partial charge in [-0.3, -0.25) is 9.59 Å². The first kappa shape index (κ1) is 20.2. The van der Waals surface area contributed by atoms with Crippen molar-refractivity contribution in [2.45, 2.75) is 6.18 Å². The zero-order valence-corrected chi connectivity index (χ0v) is 14.8. The molecule has 0 spiro atoms. The van der Waals surface area contributed by atoms with E-state index < -0.39 is 11.7 Å². The molecule has 0 aromatic heterocycles. The fourth-order valence-corrected chi connectivity index (χ4v) is 2.04. The number of allylic oxidation sites excluding steroid dienone is 1. The Balaban J connectivity index is 1.97. The van der Waals surface area contributed by atoms with Gasteiger partial charge in [0.25, 0.3) is 5.91 Å². The van der Waals surface area contributed by atoms with Crippen LogP contribution in [-0.4, -0.2) is 37.3 Å². The summed E-state index contributed by atoms with van der Waals surface area (Å²) in [5.74, 6) is -0.0334. The molecular weight excluding hydrogens is 359 g/mol. The summed E-state index contributed by atoms with van der Waals surface area (Å²) in [5, 5.41) is 0. The molecule has 0 heterocycles. The lowest BCUT2D eigenvalue weighted by atomic mass is 10.1. The molecule has 0 aliphatic rings. The molecule has 0 fully saturated rings. The number of hydrogen-bond acceptors (Lipinski definition) is 3. The van der Waals surface area contributed by atoms with Gasteiger partial charge in [0.1, 0.15) is 5.75 Å². The van der Waals surface area contributed by atoms with Crippen LogP contribution in [0.15, 0.2) is 54.6 Å². The van der Waals surface area contributed by atoms with E-state index in [-0.39, 0.29) is 18.3 Å². The van der Waals surface area contributed by atoms with E-state index in [0.29, 0.717) is 16.9 Å². The summed E-state index contributed by atoms with van der Waals surface area (Å²) >= 11 is 0. The van der Waals surface area contributed by atoms with Crippen molar-refractivity contribution in [2.24, 2.45) is 0 Å². The summed E-state index contributed by atoms with van der Waals surface area (Å²) in [6, 6.07) is 10.8. The van der Waals surface area contributed by atoms with Crippen LogP contribution in [0, 0.1) is 0 Å². The predicted octanol–water partition coefficient (Wildman–Crippen LogP) is 4.07. The van der Waals surface area contributed by atoms with Gasteiger partial charge >= 0.3 is 6.18 Å². The maximum absolute atomic E-state index is 12.5. The second kappa shape index (κ2) is 8.53. The minimum atomic E-state index is -4.39. The van der Waals surface area contributed by atoms with Crippen LogP contribution in [0.4, 0.5) is 13.2 Å². The molecule has 0 bridgehead atoms. The molecule has 0 radical (unpaired) electrons. The van der Waals surface area contributed by atoms with Gasteiger partial charge in [0.05, 0.1) is 5.56 Å². The Labute approximate surface area is 154 Å². The van der Waals surface area contributed by atoms with E-state index >= 15 is 0 Å². The molecule has 0 N–H and O–H groups in total. The summed E-state index contributed by atoms with van der Waals surface area (Å²) in [6.07, 6.45) is -1.66.